The van der Waals surface area contributed by atoms with Crippen molar-refractivity contribution >= 4 is 11.0 Å². The van der Waals surface area contributed by atoms with Crippen LogP contribution in [0.4, 0.5) is 0 Å². The molecule has 1 aromatic heterocycles. The Labute approximate surface area is 76.0 Å². The summed E-state index contributed by atoms with van der Waals surface area (Å²) in [5.41, 5.74) is 1.99. The number of aryl methyl sites for hydroxylation is 1. The van der Waals surface area contributed by atoms with Gasteiger partial charge in [0.15, 0.2) is 5.58 Å². The molecule has 68 valence electrons. The fraction of sp³-hybridized carbons (Fsp3) is 0.300. The quantitative estimate of drug-likeness (QED) is 0.776. The second-order valence-electron chi connectivity index (χ2n) is 3.03. The van der Waals surface area contributed by atoms with E-state index in [1.807, 2.05) is 18.2 Å². The predicted octanol–water partition coefficient (Wildman–Crippen LogP) is 1.75. The molecule has 0 saturated heterocycles. The van der Waals surface area contributed by atoms with Gasteiger partial charge in [-0.25, -0.2) is 0 Å². The molecule has 0 radical (unpaired) electrons. The number of aromatic nitrogens is 1. The summed E-state index contributed by atoms with van der Waals surface area (Å²) in [5.74, 6) is 0. The van der Waals surface area contributed by atoms with Gasteiger partial charge in [0.25, 0.3) is 0 Å². The number of fused-ring (bicyclic) bond motifs is 1. The zero-order valence-electron chi connectivity index (χ0n) is 7.23. The topological polar surface area (TPSA) is 46.3 Å². The van der Waals surface area contributed by atoms with Crippen LogP contribution in [0.15, 0.2) is 28.9 Å². The first-order valence-electron chi connectivity index (χ1n) is 4.34. The lowest BCUT2D eigenvalue weighted by atomic mass is 10.1. The van der Waals surface area contributed by atoms with E-state index in [0.717, 1.165) is 23.8 Å². The molecular formula is C10H11NO2. The molecule has 0 bridgehead atoms. The van der Waals surface area contributed by atoms with Crippen molar-refractivity contribution in [1.29, 1.82) is 0 Å². The molecule has 0 spiro atoms. The van der Waals surface area contributed by atoms with Crippen LogP contribution in [0, 0.1) is 0 Å². The monoisotopic (exact) mass is 177 g/mol. The van der Waals surface area contributed by atoms with Gasteiger partial charge < -0.3 is 9.63 Å². The first-order chi connectivity index (χ1) is 6.40. The van der Waals surface area contributed by atoms with Crippen molar-refractivity contribution in [2.45, 2.75) is 12.8 Å². The Bertz CT molecular complexity index is 394. The van der Waals surface area contributed by atoms with Crippen molar-refractivity contribution in [1.82, 2.24) is 5.16 Å². The molecule has 2 aromatic rings. The van der Waals surface area contributed by atoms with E-state index in [2.05, 4.69) is 5.16 Å². The van der Waals surface area contributed by atoms with E-state index in [1.165, 1.54) is 5.56 Å². The van der Waals surface area contributed by atoms with E-state index >= 15 is 0 Å². The maximum atomic E-state index is 8.67. The lowest BCUT2D eigenvalue weighted by molar-refractivity contribution is 0.288. The van der Waals surface area contributed by atoms with Gasteiger partial charge in [-0.3, -0.25) is 0 Å². The molecular weight excluding hydrogens is 166 g/mol. The molecule has 0 atom stereocenters. The maximum Gasteiger partial charge on any atom is 0.167 e. The summed E-state index contributed by atoms with van der Waals surface area (Å²) >= 11 is 0. The van der Waals surface area contributed by atoms with Crippen LogP contribution >= 0.6 is 0 Å². The average molecular weight is 177 g/mol. The van der Waals surface area contributed by atoms with E-state index < -0.39 is 0 Å². The Morgan fingerprint density at radius 3 is 3.15 bits per heavy atom. The van der Waals surface area contributed by atoms with Crippen LogP contribution in [0.3, 0.4) is 0 Å². The van der Waals surface area contributed by atoms with E-state index in [-0.39, 0.29) is 6.61 Å². The van der Waals surface area contributed by atoms with Gasteiger partial charge >= 0.3 is 0 Å². The van der Waals surface area contributed by atoms with Gasteiger partial charge in [0.1, 0.15) is 0 Å². The highest BCUT2D eigenvalue weighted by molar-refractivity contribution is 5.76. The Balaban J connectivity index is 2.26. The SMILES string of the molecule is OCCCc1ccc2cnoc2c1. The minimum absolute atomic E-state index is 0.231. The molecule has 0 unspecified atom stereocenters. The Hall–Kier alpha value is -1.35. The van der Waals surface area contributed by atoms with Crippen LogP contribution in [0.25, 0.3) is 11.0 Å². The molecule has 1 heterocycles. The molecule has 3 nitrogen and oxygen atoms in total. The fourth-order valence-electron chi connectivity index (χ4n) is 1.34. The second kappa shape index (κ2) is 3.58. The molecule has 1 aromatic carbocycles. The second-order valence-corrected chi connectivity index (χ2v) is 3.03. The predicted molar refractivity (Wildman–Crippen MR) is 49.4 cm³/mol. The lowest BCUT2D eigenvalue weighted by Crippen LogP contribution is -1.88. The number of nitrogens with zero attached hydrogens (tertiary/aromatic N) is 1. The summed E-state index contributed by atoms with van der Waals surface area (Å²) in [6.45, 7) is 0.231. The van der Waals surface area contributed by atoms with E-state index in [1.54, 1.807) is 6.20 Å². The van der Waals surface area contributed by atoms with Gasteiger partial charge in [0.2, 0.25) is 0 Å². The minimum atomic E-state index is 0.231. The van der Waals surface area contributed by atoms with Gasteiger partial charge in [-0.05, 0) is 30.5 Å². The van der Waals surface area contributed by atoms with Gasteiger partial charge in [0, 0.05) is 12.0 Å². The molecule has 3 heteroatoms. The summed E-state index contributed by atoms with van der Waals surface area (Å²) in [6.07, 6.45) is 3.37. The molecule has 0 aliphatic heterocycles. The van der Waals surface area contributed by atoms with Crippen molar-refractivity contribution in [2.75, 3.05) is 6.61 Å². The standard InChI is InChI=1S/C10H11NO2/c12-5-1-2-8-3-4-9-7-11-13-10(9)6-8/h3-4,6-7,12H,1-2,5H2. The van der Waals surface area contributed by atoms with Crippen LogP contribution in [0.2, 0.25) is 0 Å². The summed E-state index contributed by atoms with van der Waals surface area (Å²) in [5, 5.41) is 13.4. The molecule has 13 heavy (non-hydrogen) atoms. The first kappa shape index (κ1) is 8.26. The zero-order valence-corrected chi connectivity index (χ0v) is 7.23. The summed E-state index contributed by atoms with van der Waals surface area (Å²) in [7, 11) is 0. The number of benzene rings is 1. The van der Waals surface area contributed by atoms with Gasteiger partial charge in [-0.2, -0.15) is 0 Å². The van der Waals surface area contributed by atoms with Crippen LogP contribution in [-0.2, 0) is 6.42 Å². The highest BCUT2D eigenvalue weighted by Gasteiger charge is 1.99. The number of hydrogen-bond acceptors (Lipinski definition) is 3. The van der Waals surface area contributed by atoms with Crippen molar-refractivity contribution in [3.8, 4) is 0 Å². The lowest BCUT2D eigenvalue weighted by Gasteiger charge is -1.97. The van der Waals surface area contributed by atoms with E-state index in [9.17, 15) is 0 Å². The minimum Gasteiger partial charge on any atom is -0.396 e. The first-order valence-corrected chi connectivity index (χ1v) is 4.34. The van der Waals surface area contributed by atoms with Gasteiger partial charge in [-0.1, -0.05) is 11.2 Å². The van der Waals surface area contributed by atoms with E-state index in [4.69, 9.17) is 9.63 Å². The molecule has 1 N–H and O–H groups in total. The maximum absolute atomic E-state index is 8.67. The van der Waals surface area contributed by atoms with Crippen LogP contribution in [0.5, 0.6) is 0 Å². The van der Waals surface area contributed by atoms with Crippen molar-refractivity contribution in [2.24, 2.45) is 0 Å². The average Bonchev–Trinajstić information content (AvgIpc) is 2.61. The van der Waals surface area contributed by atoms with Gasteiger partial charge in [-0.15, -0.1) is 0 Å². The summed E-state index contributed by atoms with van der Waals surface area (Å²) in [6, 6.07) is 5.99. The van der Waals surface area contributed by atoms with Crippen LogP contribution in [0.1, 0.15) is 12.0 Å². The molecule has 2 rings (SSSR count). The van der Waals surface area contributed by atoms with E-state index in [0.29, 0.717) is 0 Å². The molecule has 0 fully saturated rings. The summed E-state index contributed by atoms with van der Waals surface area (Å²) in [4.78, 5) is 0. The van der Waals surface area contributed by atoms with Crippen molar-refractivity contribution < 1.29 is 9.63 Å². The fourth-order valence-corrected chi connectivity index (χ4v) is 1.34. The largest absolute Gasteiger partial charge is 0.396 e. The highest BCUT2D eigenvalue weighted by atomic mass is 16.5. The summed E-state index contributed by atoms with van der Waals surface area (Å²) < 4.78 is 5.03. The molecule has 0 aliphatic rings. The van der Waals surface area contributed by atoms with Gasteiger partial charge in [0.05, 0.1) is 6.20 Å². The Kier molecular flexibility index (Phi) is 2.27. The molecule has 0 aliphatic carbocycles. The number of hydrogen-bond donors (Lipinski definition) is 1. The Morgan fingerprint density at radius 2 is 2.31 bits per heavy atom. The molecule has 0 saturated carbocycles. The third-order valence-electron chi connectivity index (χ3n) is 2.04. The van der Waals surface area contributed by atoms with Crippen LogP contribution in [-0.4, -0.2) is 16.9 Å². The highest BCUT2D eigenvalue weighted by Crippen LogP contribution is 2.15. The van der Waals surface area contributed by atoms with Crippen molar-refractivity contribution in [3.05, 3.63) is 30.0 Å². The normalized spacial score (nSPS) is 10.8. The zero-order chi connectivity index (χ0) is 9.10. The third-order valence-corrected chi connectivity index (χ3v) is 2.04. The smallest absolute Gasteiger partial charge is 0.167 e. The van der Waals surface area contributed by atoms with Crippen LogP contribution < -0.4 is 0 Å². The van der Waals surface area contributed by atoms with Crippen molar-refractivity contribution in [3.63, 3.8) is 0 Å². The number of aliphatic hydroxyl groups is 1. The Morgan fingerprint density at radius 1 is 1.38 bits per heavy atom. The third kappa shape index (κ3) is 1.70. The number of aliphatic hydroxyl groups excluding tert-OH is 1. The molecule has 0 amide bonds. The number of rotatable bonds is 3.